The van der Waals surface area contributed by atoms with Crippen molar-refractivity contribution in [1.29, 1.82) is 0 Å². The highest BCUT2D eigenvalue weighted by molar-refractivity contribution is 8.00. The van der Waals surface area contributed by atoms with Crippen molar-refractivity contribution in [2.24, 2.45) is 0 Å². The minimum atomic E-state index is 0.00133. The second-order valence-corrected chi connectivity index (χ2v) is 6.22. The number of nitrogens with two attached hydrogens (primary N) is 1. The van der Waals surface area contributed by atoms with Crippen molar-refractivity contribution in [1.82, 2.24) is 0 Å². The van der Waals surface area contributed by atoms with Crippen molar-refractivity contribution in [2.45, 2.75) is 25.7 Å². The molecule has 0 aliphatic heterocycles. The van der Waals surface area contributed by atoms with Crippen LogP contribution in [0.25, 0.3) is 0 Å². The van der Waals surface area contributed by atoms with Gasteiger partial charge in [0.15, 0.2) is 0 Å². The number of carbonyl (C=O) groups is 1. The Labute approximate surface area is 129 Å². The molecule has 0 atom stereocenters. The quantitative estimate of drug-likeness (QED) is 0.664. The largest absolute Gasteiger partial charge is 0.399 e. The van der Waals surface area contributed by atoms with Gasteiger partial charge in [0.1, 0.15) is 0 Å². The van der Waals surface area contributed by atoms with Gasteiger partial charge in [0.05, 0.1) is 5.75 Å². The first-order chi connectivity index (χ1) is 9.95. The van der Waals surface area contributed by atoms with Crippen molar-refractivity contribution in [3.63, 3.8) is 0 Å². The van der Waals surface area contributed by atoms with Crippen molar-refractivity contribution < 1.29 is 4.79 Å². The van der Waals surface area contributed by atoms with E-state index in [1.165, 1.54) is 17.3 Å². The summed E-state index contributed by atoms with van der Waals surface area (Å²) in [5.74, 6) is 0.387. The van der Waals surface area contributed by atoms with Gasteiger partial charge in [0, 0.05) is 16.3 Å². The molecule has 1 amide bonds. The zero-order chi connectivity index (χ0) is 15.4. The monoisotopic (exact) mass is 300 g/mol. The Balaban J connectivity index is 1.94. The molecule has 0 aromatic heterocycles. The third-order valence-electron chi connectivity index (χ3n) is 3.27. The summed E-state index contributed by atoms with van der Waals surface area (Å²) in [5.41, 5.74) is 10.7. The molecule has 0 aliphatic carbocycles. The highest BCUT2D eigenvalue weighted by atomic mass is 32.2. The maximum atomic E-state index is 12.0. The molecule has 3 nitrogen and oxygen atoms in total. The fourth-order valence-electron chi connectivity index (χ4n) is 2.03. The van der Waals surface area contributed by atoms with Crippen LogP contribution in [0.3, 0.4) is 0 Å². The molecule has 2 aromatic carbocycles. The van der Waals surface area contributed by atoms with E-state index in [2.05, 4.69) is 11.4 Å². The zero-order valence-corrected chi connectivity index (χ0v) is 13.4. The van der Waals surface area contributed by atoms with Crippen LogP contribution in [0, 0.1) is 20.8 Å². The first-order valence-corrected chi connectivity index (χ1v) is 7.80. The number of benzene rings is 2. The average molecular weight is 300 g/mol. The SMILES string of the molecule is Cc1ccc(NC(=O)CSc2ccc(N)c(C)c2)c(C)c1. The topological polar surface area (TPSA) is 55.1 Å². The van der Waals surface area contributed by atoms with E-state index in [1.807, 2.05) is 51.1 Å². The van der Waals surface area contributed by atoms with Crippen molar-refractivity contribution in [3.05, 3.63) is 53.1 Å². The molecule has 0 bridgehead atoms. The lowest BCUT2D eigenvalue weighted by atomic mass is 10.1. The van der Waals surface area contributed by atoms with Crippen LogP contribution < -0.4 is 11.1 Å². The normalized spacial score (nSPS) is 10.4. The van der Waals surface area contributed by atoms with Gasteiger partial charge in [-0.1, -0.05) is 17.7 Å². The summed E-state index contributed by atoms with van der Waals surface area (Å²) in [6.07, 6.45) is 0. The van der Waals surface area contributed by atoms with E-state index < -0.39 is 0 Å². The molecule has 0 fully saturated rings. The van der Waals surface area contributed by atoms with Crippen LogP contribution in [-0.4, -0.2) is 11.7 Å². The Morgan fingerprint density at radius 3 is 2.52 bits per heavy atom. The van der Waals surface area contributed by atoms with Gasteiger partial charge in [0.2, 0.25) is 5.91 Å². The van der Waals surface area contributed by atoms with Crippen LogP contribution >= 0.6 is 11.8 Å². The predicted octanol–water partition coefficient (Wildman–Crippen LogP) is 3.92. The Morgan fingerprint density at radius 2 is 1.86 bits per heavy atom. The zero-order valence-electron chi connectivity index (χ0n) is 12.6. The lowest BCUT2D eigenvalue weighted by Gasteiger charge is -2.09. The van der Waals surface area contributed by atoms with Crippen molar-refractivity contribution >= 4 is 29.0 Å². The third-order valence-corrected chi connectivity index (χ3v) is 4.26. The summed E-state index contributed by atoms with van der Waals surface area (Å²) < 4.78 is 0. The van der Waals surface area contributed by atoms with Crippen LogP contribution in [0.5, 0.6) is 0 Å². The predicted molar refractivity (Wildman–Crippen MR) is 90.9 cm³/mol. The molecule has 4 heteroatoms. The smallest absolute Gasteiger partial charge is 0.234 e. The number of nitrogen functional groups attached to an aromatic ring is 1. The summed E-state index contributed by atoms with van der Waals surface area (Å²) >= 11 is 1.51. The number of nitrogens with one attached hydrogen (secondary N) is 1. The molecule has 21 heavy (non-hydrogen) atoms. The van der Waals surface area contributed by atoms with E-state index in [0.29, 0.717) is 5.75 Å². The molecule has 0 spiro atoms. The number of amides is 1. The Morgan fingerprint density at radius 1 is 1.10 bits per heavy atom. The summed E-state index contributed by atoms with van der Waals surface area (Å²) in [6, 6.07) is 11.8. The van der Waals surface area contributed by atoms with Crippen LogP contribution in [0.1, 0.15) is 16.7 Å². The van der Waals surface area contributed by atoms with Gasteiger partial charge in [-0.05, 0) is 56.2 Å². The molecule has 3 N–H and O–H groups in total. The number of carbonyl (C=O) groups excluding carboxylic acids is 1. The number of aryl methyl sites for hydroxylation is 3. The molecule has 0 saturated carbocycles. The van der Waals surface area contributed by atoms with Crippen molar-refractivity contribution in [3.8, 4) is 0 Å². The number of thioether (sulfide) groups is 1. The molecule has 2 aromatic rings. The van der Waals surface area contributed by atoms with Gasteiger partial charge >= 0.3 is 0 Å². The van der Waals surface area contributed by atoms with Crippen molar-refractivity contribution in [2.75, 3.05) is 16.8 Å². The van der Waals surface area contributed by atoms with Gasteiger partial charge in [0.25, 0.3) is 0 Å². The van der Waals surface area contributed by atoms with Crippen LogP contribution in [0.4, 0.5) is 11.4 Å². The lowest BCUT2D eigenvalue weighted by molar-refractivity contribution is -0.113. The molecule has 110 valence electrons. The maximum absolute atomic E-state index is 12.0. The molecular formula is C17H20N2OS. The third kappa shape index (κ3) is 4.26. The number of rotatable bonds is 4. The molecule has 2 rings (SSSR count). The van der Waals surface area contributed by atoms with Gasteiger partial charge < -0.3 is 11.1 Å². The molecule has 0 heterocycles. The molecule has 0 saturated heterocycles. The van der Waals surface area contributed by atoms with Gasteiger partial charge in [-0.15, -0.1) is 11.8 Å². The van der Waals surface area contributed by atoms with Crippen LogP contribution in [0.2, 0.25) is 0 Å². The second kappa shape index (κ2) is 6.68. The maximum Gasteiger partial charge on any atom is 0.234 e. The van der Waals surface area contributed by atoms with E-state index in [0.717, 1.165) is 27.4 Å². The molecule has 0 aliphatic rings. The van der Waals surface area contributed by atoms with Gasteiger partial charge in [-0.3, -0.25) is 4.79 Å². The number of anilines is 2. The number of hydrogen-bond donors (Lipinski definition) is 2. The van der Waals surface area contributed by atoms with E-state index in [9.17, 15) is 4.79 Å². The Hall–Kier alpha value is -1.94. The van der Waals surface area contributed by atoms with E-state index in [4.69, 9.17) is 5.73 Å². The standard InChI is InChI=1S/C17H20N2OS/c1-11-4-7-16(13(3)8-11)19-17(20)10-21-14-5-6-15(18)12(2)9-14/h4-9H,10,18H2,1-3H3,(H,19,20). The first kappa shape index (κ1) is 15.4. The minimum Gasteiger partial charge on any atom is -0.399 e. The highest BCUT2D eigenvalue weighted by Crippen LogP contribution is 2.23. The fraction of sp³-hybridized carbons (Fsp3) is 0.235. The summed E-state index contributed by atoms with van der Waals surface area (Å²) in [4.78, 5) is 13.1. The van der Waals surface area contributed by atoms with E-state index in [-0.39, 0.29) is 5.91 Å². The Kier molecular flexibility index (Phi) is 4.91. The summed E-state index contributed by atoms with van der Waals surface area (Å²) in [7, 11) is 0. The minimum absolute atomic E-state index is 0.00133. The highest BCUT2D eigenvalue weighted by Gasteiger charge is 2.06. The molecule has 0 unspecified atom stereocenters. The van der Waals surface area contributed by atoms with Crippen LogP contribution in [-0.2, 0) is 4.79 Å². The van der Waals surface area contributed by atoms with E-state index >= 15 is 0 Å². The number of hydrogen-bond acceptors (Lipinski definition) is 3. The van der Waals surface area contributed by atoms with Gasteiger partial charge in [-0.25, -0.2) is 0 Å². The average Bonchev–Trinajstić information content (AvgIpc) is 2.43. The second-order valence-electron chi connectivity index (χ2n) is 5.17. The summed E-state index contributed by atoms with van der Waals surface area (Å²) in [5, 5.41) is 2.95. The van der Waals surface area contributed by atoms with Crippen LogP contribution in [0.15, 0.2) is 41.3 Å². The summed E-state index contributed by atoms with van der Waals surface area (Å²) in [6.45, 7) is 6.01. The lowest BCUT2D eigenvalue weighted by Crippen LogP contribution is -2.14. The van der Waals surface area contributed by atoms with E-state index in [1.54, 1.807) is 0 Å². The molecular weight excluding hydrogens is 280 g/mol. The van der Waals surface area contributed by atoms with Gasteiger partial charge in [-0.2, -0.15) is 0 Å². The fourth-order valence-corrected chi connectivity index (χ4v) is 2.82. The molecule has 0 radical (unpaired) electrons. The first-order valence-electron chi connectivity index (χ1n) is 6.82. The Bertz CT molecular complexity index is 668.